The summed E-state index contributed by atoms with van der Waals surface area (Å²) >= 11 is 6.04. The van der Waals surface area contributed by atoms with E-state index >= 15 is 0 Å². The quantitative estimate of drug-likeness (QED) is 0.479. The molecule has 0 aliphatic heterocycles. The highest BCUT2D eigenvalue weighted by Gasteiger charge is 2.17. The van der Waals surface area contributed by atoms with Crippen LogP contribution in [0.25, 0.3) is 17.0 Å². The van der Waals surface area contributed by atoms with Crippen LogP contribution in [0.15, 0.2) is 60.8 Å². The molecule has 0 bridgehead atoms. The Morgan fingerprint density at radius 1 is 1.17 bits per heavy atom. The van der Waals surface area contributed by atoms with Crippen molar-refractivity contribution in [2.24, 2.45) is 0 Å². The summed E-state index contributed by atoms with van der Waals surface area (Å²) in [7, 11) is 1.50. The molecule has 1 amide bonds. The molecule has 3 rings (SSSR count). The van der Waals surface area contributed by atoms with E-state index in [1.807, 2.05) is 30.3 Å². The fourth-order valence-electron chi connectivity index (χ4n) is 2.68. The number of nitrogens with zero attached hydrogens (tertiary/aromatic N) is 1. The average molecular weight is 411 g/mol. The maximum absolute atomic E-state index is 12.3. The normalized spacial score (nSPS) is 12.0. The van der Waals surface area contributed by atoms with Crippen molar-refractivity contribution >= 4 is 46.1 Å². The summed E-state index contributed by atoms with van der Waals surface area (Å²) in [6.07, 6.45) is 3.59. The third kappa shape index (κ3) is 5.12. The van der Waals surface area contributed by atoms with Crippen LogP contribution in [0.2, 0.25) is 5.02 Å². The molecule has 29 heavy (non-hydrogen) atoms. The maximum atomic E-state index is 12.3. The molecule has 2 aromatic carbocycles. The molecule has 0 aliphatic carbocycles. The molecular formula is C22H19ClN2O4. The van der Waals surface area contributed by atoms with Crippen molar-refractivity contribution in [2.75, 3.05) is 12.4 Å². The fraction of sp³-hybridized carbons (Fsp3) is 0.136. The molecule has 1 heterocycles. The number of rotatable bonds is 6. The van der Waals surface area contributed by atoms with Gasteiger partial charge in [0.2, 0.25) is 0 Å². The predicted molar refractivity (Wildman–Crippen MR) is 113 cm³/mol. The Labute approximate surface area is 173 Å². The van der Waals surface area contributed by atoms with Crippen molar-refractivity contribution in [2.45, 2.75) is 13.0 Å². The number of benzene rings is 2. The molecule has 1 atom stereocenters. The molecule has 148 valence electrons. The van der Waals surface area contributed by atoms with Gasteiger partial charge in [-0.1, -0.05) is 35.9 Å². The highest BCUT2D eigenvalue weighted by atomic mass is 35.5. The lowest BCUT2D eigenvalue weighted by Gasteiger charge is -2.13. The third-order valence-electron chi connectivity index (χ3n) is 4.14. The minimum atomic E-state index is -0.987. The lowest BCUT2D eigenvalue weighted by atomic mass is 10.1. The van der Waals surface area contributed by atoms with Crippen molar-refractivity contribution in [1.82, 2.24) is 4.98 Å². The van der Waals surface area contributed by atoms with E-state index in [1.54, 1.807) is 30.5 Å². The van der Waals surface area contributed by atoms with Gasteiger partial charge in [-0.25, -0.2) is 4.79 Å². The number of fused-ring (bicyclic) bond motifs is 1. The number of para-hydroxylation sites is 1. The standard InChI is InChI=1S/C22H19ClN2O4/c1-14(22(27)25-17-9-10-19(28-2)18(23)13-17)29-20(26)11-8-16-6-3-5-15-7-4-12-24-21(15)16/h3-14H,1-2H3,(H,25,27)/b11-8+. The van der Waals surface area contributed by atoms with E-state index in [2.05, 4.69) is 10.3 Å². The summed E-state index contributed by atoms with van der Waals surface area (Å²) in [5, 5.41) is 3.98. The summed E-state index contributed by atoms with van der Waals surface area (Å²) in [5.41, 5.74) is 2.03. The zero-order valence-electron chi connectivity index (χ0n) is 15.9. The van der Waals surface area contributed by atoms with Crippen LogP contribution in [-0.2, 0) is 14.3 Å². The minimum absolute atomic E-state index is 0.363. The van der Waals surface area contributed by atoms with Gasteiger partial charge < -0.3 is 14.8 Å². The zero-order chi connectivity index (χ0) is 20.8. The van der Waals surface area contributed by atoms with Crippen molar-refractivity contribution in [1.29, 1.82) is 0 Å². The highest BCUT2D eigenvalue weighted by Crippen LogP contribution is 2.27. The lowest BCUT2D eigenvalue weighted by Crippen LogP contribution is -2.29. The summed E-state index contributed by atoms with van der Waals surface area (Å²) in [4.78, 5) is 28.7. The lowest BCUT2D eigenvalue weighted by molar-refractivity contribution is -0.148. The van der Waals surface area contributed by atoms with Gasteiger partial charge in [-0.2, -0.15) is 0 Å². The van der Waals surface area contributed by atoms with E-state index < -0.39 is 18.0 Å². The van der Waals surface area contributed by atoms with Gasteiger partial charge in [-0.05, 0) is 37.3 Å². The van der Waals surface area contributed by atoms with Gasteiger partial charge in [0.25, 0.3) is 5.91 Å². The molecule has 0 spiro atoms. The Hall–Kier alpha value is -3.38. The van der Waals surface area contributed by atoms with E-state index in [4.69, 9.17) is 21.1 Å². The summed E-state index contributed by atoms with van der Waals surface area (Å²) in [5.74, 6) is -0.606. The van der Waals surface area contributed by atoms with Crippen molar-refractivity contribution < 1.29 is 19.1 Å². The zero-order valence-corrected chi connectivity index (χ0v) is 16.6. The predicted octanol–water partition coefficient (Wildman–Crippen LogP) is 4.48. The smallest absolute Gasteiger partial charge is 0.331 e. The first-order valence-electron chi connectivity index (χ1n) is 8.85. The van der Waals surface area contributed by atoms with E-state index in [0.29, 0.717) is 16.5 Å². The first kappa shape index (κ1) is 20.4. The molecule has 0 saturated heterocycles. The van der Waals surface area contributed by atoms with Crippen LogP contribution in [0.5, 0.6) is 5.75 Å². The number of ether oxygens (including phenoxy) is 2. The molecule has 1 aromatic heterocycles. The van der Waals surface area contributed by atoms with Gasteiger partial charge in [0.15, 0.2) is 6.10 Å². The number of carbonyl (C=O) groups excluding carboxylic acids is 2. The third-order valence-corrected chi connectivity index (χ3v) is 4.44. The van der Waals surface area contributed by atoms with Crippen molar-refractivity contribution in [3.05, 3.63) is 71.4 Å². The molecule has 6 nitrogen and oxygen atoms in total. The second kappa shape index (κ2) is 9.21. The van der Waals surface area contributed by atoms with E-state index in [0.717, 1.165) is 16.5 Å². The number of aromatic nitrogens is 1. The second-order valence-electron chi connectivity index (χ2n) is 6.17. The van der Waals surface area contributed by atoms with Crippen LogP contribution < -0.4 is 10.1 Å². The van der Waals surface area contributed by atoms with Crippen LogP contribution >= 0.6 is 11.6 Å². The molecule has 0 aliphatic rings. The molecule has 7 heteroatoms. The molecule has 1 unspecified atom stereocenters. The number of methoxy groups -OCH3 is 1. The Bertz CT molecular complexity index is 1080. The number of hydrogen-bond acceptors (Lipinski definition) is 5. The average Bonchev–Trinajstić information content (AvgIpc) is 2.72. The number of esters is 1. The van der Waals surface area contributed by atoms with Crippen LogP contribution in [0.4, 0.5) is 5.69 Å². The van der Waals surface area contributed by atoms with Gasteiger partial charge in [-0.15, -0.1) is 0 Å². The number of amides is 1. The van der Waals surface area contributed by atoms with Crippen molar-refractivity contribution in [3.63, 3.8) is 0 Å². The monoisotopic (exact) mass is 410 g/mol. The number of pyridine rings is 1. The Balaban J connectivity index is 1.61. The summed E-state index contributed by atoms with van der Waals surface area (Å²) in [6.45, 7) is 1.49. The summed E-state index contributed by atoms with van der Waals surface area (Å²) < 4.78 is 10.2. The minimum Gasteiger partial charge on any atom is -0.495 e. The van der Waals surface area contributed by atoms with Gasteiger partial charge >= 0.3 is 5.97 Å². The summed E-state index contributed by atoms with van der Waals surface area (Å²) in [6, 6.07) is 14.3. The van der Waals surface area contributed by atoms with Gasteiger partial charge in [0.05, 0.1) is 17.6 Å². The molecule has 0 fully saturated rings. The molecule has 3 aromatic rings. The molecule has 0 radical (unpaired) electrons. The Morgan fingerprint density at radius 3 is 2.72 bits per heavy atom. The van der Waals surface area contributed by atoms with E-state index in [9.17, 15) is 9.59 Å². The molecular weight excluding hydrogens is 392 g/mol. The fourth-order valence-corrected chi connectivity index (χ4v) is 2.93. The van der Waals surface area contributed by atoms with Crippen LogP contribution in [0.3, 0.4) is 0 Å². The SMILES string of the molecule is COc1ccc(NC(=O)C(C)OC(=O)/C=C/c2cccc3cccnc23)cc1Cl. The van der Waals surface area contributed by atoms with Crippen LogP contribution in [0.1, 0.15) is 12.5 Å². The highest BCUT2D eigenvalue weighted by molar-refractivity contribution is 6.32. The van der Waals surface area contributed by atoms with Gasteiger partial charge in [-0.3, -0.25) is 9.78 Å². The first-order chi connectivity index (χ1) is 14.0. The second-order valence-corrected chi connectivity index (χ2v) is 6.58. The number of halogens is 1. The van der Waals surface area contributed by atoms with Crippen LogP contribution in [-0.4, -0.2) is 30.1 Å². The Kier molecular flexibility index (Phi) is 6.46. The Morgan fingerprint density at radius 2 is 1.97 bits per heavy atom. The van der Waals surface area contributed by atoms with Crippen LogP contribution in [0, 0.1) is 0 Å². The van der Waals surface area contributed by atoms with Crippen molar-refractivity contribution in [3.8, 4) is 5.75 Å². The number of nitrogens with one attached hydrogen (secondary N) is 1. The van der Waals surface area contributed by atoms with E-state index in [1.165, 1.54) is 20.1 Å². The number of carbonyl (C=O) groups is 2. The molecule has 0 saturated carbocycles. The van der Waals surface area contributed by atoms with Gasteiger partial charge in [0.1, 0.15) is 5.75 Å². The largest absolute Gasteiger partial charge is 0.495 e. The van der Waals surface area contributed by atoms with Gasteiger partial charge in [0, 0.05) is 28.9 Å². The van der Waals surface area contributed by atoms with E-state index in [-0.39, 0.29) is 0 Å². The maximum Gasteiger partial charge on any atom is 0.331 e. The number of anilines is 1. The number of hydrogen-bond donors (Lipinski definition) is 1. The molecule has 1 N–H and O–H groups in total. The first-order valence-corrected chi connectivity index (χ1v) is 9.22. The topological polar surface area (TPSA) is 77.5 Å².